The van der Waals surface area contributed by atoms with Gasteiger partial charge in [-0.25, -0.2) is 4.98 Å². The molecule has 0 aliphatic carbocycles. The number of amides is 1. The van der Waals surface area contributed by atoms with Gasteiger partial charge < -0.3 is 5.32 Å². The summed E-state index contributed by atoms with van der Waals surface area (Å²) < 4.78 is 2.69. The van der Waals surface area contributed by atoms with Crippen LogP contribution in [-0.4, -0.2) is 16.6 Å². The molecular formula is C17H11Br2ClN2OS2. The van der Waals surface area contributed by atoms with Crippen LogP contribution in [0.1, 0.15) is 0 Å². The molecule has 0 atom stereocenters. The Bertz CT molecular complexity index is 900. The molecule has 1 amide bonds. The summed E-state index contributed by atoms with van der Waals surface area (Å²) in [6.45, 7) is 0. The summed E-state index contributed by atoms with van der Waals surface area (Å²) in [5.74, 6) is 0.240. The topological polar surface area (TPSA) is 42.0 Å². The normalized spacial score (nSPS) is 10.7. The summed E-state index contributed by atoms with van der Waals surface area (Å²) in [5, 5.41) is 5.56. The van der Waals surface area contributed by atoms with E-state index in [0.717, 1.165) is 30.2 Å². The van der Waals surface area contributed by atoms with E-state index in [0.29, 0.717) is 10.8 Å². The van der Waals surface area contributed by atoms with Crippen molar-refractivity contribution in [1.29, 1.82) is 0 Å². The van der Waals surface area contributed by atoms with E-state index in [1.54, 1.807) is 0 Å². The SMILES string of the molecule is O=C(CSc1nc(-c2ccc(Cl)cc2)cs1)Nc1ccc(Br)c(Br)c1. The van der Waals surface area contributed by atoms with Crippen molar-refractivity contribution in [2.24, 2.45) is 0 Å². The Hall–Kier alpha value is -0.860. The van der Waals surface area contributed by atoms with Crippen LogP contribution in [0.25, 0.3) is 11.3 Å². The first-order valence-corrected chi connectivity index (χ1v) is 10.9. The third-order valence-electron chi connectivity index (χ3n) is 3.15. The largest absolute Gasteiger partial charge is 0.325 e. The molecule has 0 saturated carbocycles. The average molecular weight is 519 g/mol. The fourth-order valence-electron chi connectivity index (χ4n) is 1.98. The molecule has 0 spiro atoms. The maximum absolute atomic E-state index is 12.1. The lowest BCUT2D eigenvalue weighted by atomic mass is 10.2. The maximum Gasteiger partial charge on any atom is 0.234 e. The van der Waals surface area contributed by atoms with Gasteiger partial charge in [0, 0.05) is 30.6 Å². The summed E-state index contributed by atoms with van der Waals surface area (Å²) in [5.41, 5.74) is 2.65. The third-order valence-corrected chi connectivity index (χ3v) is 7.31. The number of carbonyl (C=O) groups is 1. The molecule has 1 N–H and O–H groups in total. The summed E-state index contributed by atoms with van der Waals surface area (Å²) in [6, 6.07) is 13.1. The van der Waals surface area contributed by atoms with E-state index in [4.69, 9.17) is 11.6 Å². The van der Waals surface area contributed by atoms with Crippen molar-refractivity contribution in [2.45, 2.75) is 4.34 Å². The molecule has 3 nitrogen and oxygen atoms in total. The summed E-state index contributed by atoms with van der Waals surface area (Å²) in [7, 11) is 0. The predicted octanol–water partition coefficient (Wildman–Crippen LogP) is 6.72. The standard InChI is InChI=1S/C17H11Br2ClN2OS2/c18-13-6-5-12(7-14(13)19)21-16(23)9-25-17-22-15(8-24-17)10-1-3-11(20)4-2-10/h1-8H,9H2,(H,21,23). The van der Waals surface area contributed by atoms with Crippen LogP contribution in [0.5, 0.6) is 0 Å². The van der Waals surface area contributed by atoms with Crippen LogP contribution in [0, 0.1) is 0 Å². The smallest absolute Gasteiger partial charge is 0.234 e. The van der Waals surface area contributed by atoms with Gasteiger partial charge in [0.1, 0.15) is 0 Å². The van der Waals surface area contributed by atoms with Crippen LogP contribution < -0.4 is 5.32 Å². The average Bonchev–Trinajstić information content (AvgIpc) is 3.06. The molecule has 1 heterocycles. The van der Waals surface area contributed by atoms with E-state index in [1.165, 1.54) is 23.1 Å². The second-order valence-corrected chi connectivity index (χ2v) is 9.20. The summed E-state index contributed by atoms with van der Waals surface area (Å²) in [6.07, 6.45) is 0. The van der Waals surface area contributed by atoms with Gasteiger partial charge in [0.05, 0.1) is 11.4 Å². The van der Waals surface area contributed by atoms with E-state index in [2.05, 4.69) is 42.2 Å². The van der Waals surface area contributed by atoms with E-state index in [9.17, 15) is 4.79 Å². The van der Waals surface area contributed by atoms with Gasteiger partial charge in [-0.3, -0.25) is 4.79 Å². The number of hydrogen-bond donors (Lipinski definition) is 1. The van der Waals surface area contributed by atoms with Gasteiger partial charge in [-0.2, -0.15) is 0 Å². The number of thiazole rings is 1. The minimum Gasteiger partial charge on any atom is -0.325 e. The van der Waals surface area contributed by atoms with Gasteiger partial charge in [0.2, 0.25) is 5.91 Å². The van der Waals surface area contributed by atoms with Gasteiger partial charge in [-0.1, -0.05) is 35.5 Å². The van der Waals surface area contributed by atoms with Crippen LogP contribution >= 0.6 is 66.6 Å². The van der Waals surface area contributed by atoms with Gasteiger partial charge in [-0.15, -0.1) is 11.3 Å². The van der Waals surface area contributed by atoms with Crippen molar-refractivity contribution in [3.8, 4) is 11.3 Å². The Kier molecular flexibility index (Phi) is 6.57. The van der Waals surface area contributed by atoms with Crippen LogP contribution in [0.15, 0.2) is 61.1 Å². The van der Waals surface area contributed by atoms with Crippen LogP contribution in [0.2, 0.25) is 5.02 Å². The number of halogens is 3. The molecule has 0 unspecified atom stereocenters. The number of thioether (sulfide) groups is 1. The van der Waals surface area contributed by atoms with E-state index < -0.39 is 0 Å². The van der Waals surface area contributed by atoms with Crippen LogP contribution in [-0.2, 0) is 4.79 Å². The van der Waals surface area contributed by atoms with Gasteiger partial charge in [-0.05, 0) is 62.2 Å². The number of carbonyl (C=O) groups excluding carboxylic acids is 1. The molecule has 2 aromatic carbocycles. The molecule has 1 aromatic heterocycles. The first-order chi connectivity index (χ1) is 12.0. The van der Waals surface area contributed by atoms with Crippen molar-refractivity contribution in [1.82, 2.24) is 4.98 Å². The quantitative estimate of drug-likeness (QED) is 0.381. The highest BCUT2D eigenvalue weighted by molar-refractivity contribution is 9.13. The lowest BCUT2D eigenvalue weighted by molar-refractivity contribution is -0.113. The lowest BCUT2D eigenvalue weighted by Crippen LogP contribution is -2.13. The van der Waals surface area contributed by atoms with E-state index >= 15 is 0 Å². The number of anilines is 1. The lowest BCUT2D eigenvalue weighted by Gasteiger charge is -2.05. The number of nitrogens with one attached hydrogen (secondary N) is 1. The minimum absolute atomic E-state index is 0.0672. The number of aromatic nitrogens is 1. The molecule has 128 valence electrons. The van der Waals surface area contributed by atoms with Crippen molar-refractivity contribution in [2.75, 3.05) is 11.1 Å². The van der Waals surface area contributed by atoms with Crippen molar-refractivity contribution in [3.63, 3.8) is 0 Å². The summed E-state index contributed by atoms with van der Waals surface area (Å²) >= 11 is 15.7. The minimum atomic E-state index is -0.0672. The van der Waals surface area contributed by atoms with Crippen LogP contribution in [0.4, 0.5) is 5.69 Å². The molecule has 0 radical (unpaired) electrons. The highest BCUT2D eigenvalue weighted by Gasteiger charge is 2.09. The number of nitrogens with zero attached hydrogens (tertiary/aromatic N) is 1. The zero-order valence-corrected chi connectivity index (χ0v) is 18.2. The Balaban J connectivity index is 1.57. The Labute approximate surface area is 175 Å². The highest BCUT2D eigenvalue weighted by atomic mass is 79.9. The monoisotopic (exact) mass is 516 g/mol. The molecular weight excluding hydrogens is 508 g/mol. The molecule has 0 aliphatic rings. The number of rotatable bonds is 5. The van der Waals surface area contributed by atoms with Crippen LogP contribution in [0.3, 0.4) is 0 Å². The number of hydrogen-bond acceptors (Lipinski definition) is 4. The molecule has 0 saturated heterocycles. The van der Waals surface area contributed by atoms with Crippen molar-refractivity contribution < 1.29 is 4.79 Å². The summed E-state index contributed by atoms with van der Waals surface area (Å²) in [4.78, 5) is 16.7. The fourth-order valence-corrected chi connectivity index (χ4v) is 4.36. The second-order valence-electron chi connectivity index (χ2n) is 4.97. The molecule has 25 heavy (non-hydrogen) atoms. The molecule has 3 aromatic rings. The first-order valence-electron chi connectivity index (χ1n) is 7.10. The van der Waals surface area contributed by atoms with Crippen molar-refractivity contribution >= 4 is 78.2 Å². The molecule has 0 aliphatic heterocycles. The molecule has 3 rings (SSSR count). The van der Waals surface area contributed by atoms with Crippen molar-refractivity contribution in [3.05, 3.63) is 61.8 Å². The Morgan fingerprint density at radius 3 is 2.64 bits per heavy atom. The second kappa shape index (κ2) is 8.68. The van der Waals surface area contributed by atoms with Gasteiger partial charge >= 0.3 is 0 Å². The molecule has 0 fully saturated rings. The van der Waals surface area contributed by atoms with E-state index in [-0.39, 0.29) is 5.91 Å². The number of benzene rings is 2. The van der Waals surface area contributed by atoms with Gasteiger partial charge in [0.25, 0.3) is 0 Å². The van der Waals surface area contributed by atoms with Gasteiger partial charge in [0.15, 0.2) is 4.34 Å². The molecule has 8 heteroatoms. The molecule has 0 bridgehead atoms. The zero-order chi connectivity index (χ0) is 17.8. The zero-order valence-electron chi connectivity index (χ0n) is 12.6. The fraction of sp³-hybridized carbons (Fsp3) is 0.0588. The third kappa shape index (κ3) is 5.31. The maximum atomic E-state index is 12.1. The predicted molar refractivity (Wildman–Crippen MR) is 114 cm³/mol. The Morgan fingerprint density at radius 2 is 1.92 bits per heavy atom. The Morgan fingerprint density at radius 1 is 1.16 bits per heavy atom. The highest BCUT2D eigenvalue weighted by Crippen LogP contribution is 2.29. The van der Waals surface area contributed by atoms with E-state index in [1.807, 2.05) is 47.8 Å². The first kappa shape index (κ1) is 18.9.